The van der Waals surface area contributed by atoms with Crippen molar-refractivity contribution >= 4 is 45.6 Å². The molecule has 4 aromatic carbocycles. The molecular formula is C32H33N5O4. The highest BCUT2D eigenvalue weighted by Crippen LogP contribution is 2.37. The van der Waals surface area contributed by atoms with Gasteiger partial charge in [-0.1, -0.05) is 42.5 Å². The summed E-state index contributed by atoms with van der Waals surface area (Å²) in [6.45, 7) is 1.82. The molecule has 2 atom stereocenters. The largest absolute Gasteiger partial charge is 0.496 e. The number of para-hydroxylation sites is 2. The van der Waals surface area contributed by atoms with E-state index in [2.05, 4.69) is 10.6 Å². The Morgan fingerprint density at radius 1 is 0.976 bits per heavy atom. The van der Waals surface area contributed by atoms with Crippen LogP contribution in [0.1, 0.15) is 22.8 Å². The van der Waals surface area contributed by atoms with Gasteiger partial charge in [-0.2, -0.15) is 0 Å². The maximum Gasteiger partial charge on any atom is 0.258 e. The first-order chi connectivity index (χ1) is 19.8. The van der Waals surface area contributed by atoms with Crippen LogP contribution in [-0.4, -0.2) is 50.5 Å². The van der Waals surface area contributed by atoms with E-state index in [0.29, 0.717) is 28.4 Å². The second kappa shape index (κ2) is 11.7. The summed E-state index contributed by atoms with van der Waals surface area (Å²) in [5, 5.41) is 7.74. The Bertz CT molecular complexity index is 1600. The molecule has 9 heteroatoms. The van der Waals surface area contributed by atoms with Crippen molar-refractivity contribution < 1.29 is 19.1 Å². The Balaban J connectivity index is 1.65. The Labute approximate surface area is 238 Å². The quantitative estimate of drug-likeness (QED) is 0.302. The fraction of sp³-hybridized carbons (Fsp3) is 0.219. The van der Waals surface area contributed by atoms with Crippen LogP contribution in [-0.2, 0) is 16.1 Å². The van der Waals surface area contributed by atoms with Crippen molar-refractivity contribution in [1.29, 1.82) is 0 Å². The molecule has 1 unspecified atom stereocenters. The van der Waals surface area contributed by atoms with Gasteiger partial charge < -0.3 is 30.9 Å². The fourth-order valence-corrected chi connectivity index (χ4v) is 5.09. The molecule has 0 spiro atoms. The van der Waals surface area contributed by atoms with Gasteiger partial charge in [0, 0.05) is 16.8 Å². The fourth-order valence-electron chi connectivity index (χ4n) is 5.09. The van der Waals surface area contributed by atoms with Crippen LogP contribution in [0.4, 0.5) is 17.1 Å². The van der Waals surface area contributed by atoms with E-state index in [9.17, 15) is 14.4 Å². The number of carbonyl (C=O) groups is 3. The highest BCUT2D eigenvalue weighted by atomic mass is 16.5. The number of nitrogen functional groups attached to an aromatic ring is 1. The maximum atomic E-state index is 14.3. The van der Waals surface area contributed by atoms with E-state index in [-0.39, 0.29) is 30.8 Å². The number of benzene rings is 4. The van der Waals surface area contributed by atoms with Gasteiger partial charge in [0.05, 0.1) is 37.6 Å². The topological polar surface area (TPSA) is 117 Å². The lowest BCUT2D eigenvalue weighted by molar-refractivity contribution is -0.128. The third kappa shape index (κ3) is 5.44. The summed E-state index contributed by atoms with van der Waals surface area (Å²) in [6, 6.07) is 24.1. The van der Waals surface area contributed by atoms with E-state index >= 15 is 0 Å². The van der Waals surface area contributed by atoms with Crippen molar-refractivity contribution in [2.24, 2.45) is 0 Å². The van der Waals surface area contributed by atoms with Crippen LogP contribution in [0.5, 0.6) is 5.75 Å². The number of hydrogen-bond acceptors (Lipinski definition) is 6. The Morgan fingerprint density at radius 3 is 2.37 bits per heavy atom. The number of anilines is 3. The lowest BCUT2D eigenvalue weighted by Crippen LogP contribution is -2.55. The molecule has 0 saturated carbocycles. The SMILES string of the molecule is CNC(C)C(=O)N[C@H]1CN(C(=O)c2ccc(N)cc2)c2ccccc2N(Cc2c(OC)ccc3ccccc23)C1=O. The van der Waals surface area contributed by atoms with Crippen LogP contribution in [0, 0.1) is 0 Å². The molecule has 0 radical (unpaired) electrons. The van der Waals surface area contributed by atoms with Gasteiger partial charge in [-0.3, -0.25) is 14.4 Å². The van der Waals surface area contributed by atoms with E-state index in [1.165, 1.54) is 0 Å². The summed E-state index contributed by atoms with van der Waals surface area (Å²) in [4.78, 5) is 44.4. The van der Waals surface area contributed by atoms with E-state index in [1.54, 1.807) is 55.1 Å². The number of nitrogens with two attached hydrogens (primary N) is 1. The van der Waals surface area contributed by atoms with Crippen molar-refractivity contribution in [2.45, 2.75) is 25.6 Å². The summed E-state index contributed by atoms with van der Waals surface area (Å²) in [7, 11) is 3.27. The molecule has 0 fully saturated rings. The van der Waals surface area contributed by atoms with Crippen LogP contribution in [0.2, 0.25) is 0 Å². The molecule has 0 aromatic heterocycles. The smallest absolute Gasteiger partial charge is 0.258 e. The zero-order valence-electron chi connectivity index (χ0n) is 23.3. The highest BCUT2D eigenvalue weighted by Gasteiger charge is 2.38. The molecule has 210 valence electrons. The van der Waals surface area contributed by atoms with Crippen molar-refractivity contribution in [3.05, 3.63) is 96.1 Å². The van der Waals surface area contributed by atoms with Gasteiger partial charge in [0.15, 0.2) is 0 Å². The summed E-state index contributed by atoms with van der Waals surface area (Å²) < 4.78 is 5.72. The minimum Gasteiger partial charge on any atom is -0.496 e. The van der Waals surface area contributed by atoms with Crippen molar-refractivity contribution in [3.63, 3.8) is 0 Å². The van der Waals surface area contributed by atoms with Gasteiger partial charge >= 0.3 is 0 Å². The van der Waals surface area contributed by atoms with Gasteiger partial charge in [0.25, 0.3) is 11.8 Å². The number of amides is 3. The molecule has 3 amide bonds. The van der Waals surface area contributed by atoms with Gasteiger partial charge in [-0.05, 0) is 67.2 Å². The summed E-state index contributed by atoms with van der Waals surface area (Å²) >= 11 is 0. The Morgan fingerprint density at radius 2 is 1.66 bits per heavy atom. The summed E-state index contributed by atoms with van der Waals surface area (Å²) in [5.74, 6) is -0.357. The number of likely N-dealkylation sites (N-methyl/N-ethyl adjacent to an activating group) is 1. The highest BCUT2D eigenvalue weighted by molar-refractivity contribution is 6.13. The average molecular weight is 552 g/mol. The number of rotatable bonds is 7. The summed E-state index contributed by atoms with van der Waals surface area (Å²) in [5.41, 5.74) is 8.74. The number of hydrogen-bond donors (Lipinski definition) is 3. The normalized spacial score (nSPS) is 15.7. The predicted molar refractivity (Wildman–Crippen MR) is 161 cm³/mol. The lowest BCUT2D eigenvalue weighted by atomic mass is 10.0. The third-order valence-corrected chi connectivity index (χ3v) is 7.47. The molecule has 0 aliphatic carbocycles. The van der Waals surface area contributed by atoms with Gasteiger partial charge in [0.1, 0.15) is 11.8 Å². The minimum absolute atomic E-state index is 0.0512. The molecule has 5 rings (SSSR count). The molecule has 1 heterocycles. The van der Waals surface area contributed by atoms with Crippen molar-refractivity contribution in [3.8, 4) is 5.75 Å². The minimum atomic E-state index is -1.01. The second-order valence-electron chi connectivity index (χ2n) is 9.99. The monoisotopic (exact) mass is 551 g/mol. The molecule has 9 nitrogen and oxygen atoms in total. The van der Waals surface area contributed by atoms with E-state index in [1.807, 2.05) is 60.7 Å². The number of nitrogens with one attached hydrogen (secondary N) is 2. The number of fused-ring (bicyclic) bond motifs is 2. The second-order valence-corrected chi connectivity index (χ2v) is 9.99. The molecule has 4 N–H and O–H groups in total. The van der Waals surface area contributed by atoms with E-state index < -0.39 is 12.1 Å². The van der Waals surface area contributed by atoms with Crippen LogP contribution in [0.25, 0.3) is 10.8 Å². The van der Waals surface area contributed by atoms with E-state index in [4.69, 9.17) is 10.5 Å². The first-order valence-corrected chi connectivity index (χ1v) is 13.4. The number of methoxy groups -OCH3 is 1. The standard InChI is InChI=1S/C32H33N5O4/c1-20(34-2)30(38)35-26-19-37(31(39)22-12-15-23(33)16-13-22)28-11-7-6-10-27(28)36(32(26)40)18-25-24-9-5-4-8-21(24)14-17-29(25)41-3/h4-17,20,26,34H,18-19,33H2,1-3H3,(H,35,38)/t20?,26-/m0/s1. The molecule has 1 aliphatic rings. The molecular weight excluding hydrogens is 518 g/mol. The van der Waals surface area contributed by atoms with E-state index in [0.717, 1.165) is 16.3 Å². The Kier molecular flexibility index (Phi) is 7.89. The summed E-state index contributed by atoms with van der Waals surface area (Å²) in [6.07, 6.45) is 0. The molecule has 0 saturated heterocycles. The maximum absolute atomic E-state index is 14.3. The van der Waals surface area contributed by atoms with Crippen LogP contribution in [0.3, 0.4) is 0 Å². The van der Waals surface area contributed by atoms with Crippen molar-refractivity contribution in [1.82, 2.24) is 10.6 Å². The van der Waals surface area contributed by atoms with Gasteiger partial charge in [-0.15, -0.1) is 0 Å². The van der Waals surface area contributed by atoms with Gasteiger partial charge in [-0.25, -0.2) is 0 Å². The van der Waals surface area contributed by atoms with Crippen LogP contribution < -0.4 is 30.9 Å². The van der Waals surface area contributed by atoms with Crippen LogP contribution >= 0.6 is 0 Å². The molecule has 4 aromatic rings. The Hall–Kier alpha value is -4.89. The number of carbonyl (C=O) groups excluding carboxylic acids is 3. The first kappa shape index (κ1) is 27.7. The molecule has 1 aliphatic heterocycles. The number of ether oxygens (including phenoxy) is 1. The van der Waals surface area contributed by atoms with Crippen LogP contribution in [0.15, 0.2) is 84.9 Å². The average Bonchev–Trinajstić information content (AvgIpc) is 3.11. The number of nitrogens with zero attached hydrogens (tertiary/aromatic N) is 2. The van der Waals surface area contributed by atoms with Gasteiger partial charge in [0.2, 0.25) is 5.91 Å². The third-order valence-electron chi connectivity index (χ3n) is 7.47. The predicted octanol–water partition coefficient (Wildman–Crippen LogP) is 3.72. The first-order valence-electron chi connectivity index (χ1n) is 13.4. The zero-order valence-corrected chi connectivity index (χ0v) is 23.3. The van der Waals surface area contributed by atoms with Crippen molar-refractivity contribution in [2.75, 3.05) is 36.2 Å². The lowest BCUT2D eigenvalue weighted by Gasteiger charge is -2.27. The molecule has 41 heavy (non-hydrogen) atoms. The zero-order chi connectivity index (χ0) is 29.1. The molecule has 0 bridgehead atoms.